The Kier molecular flexibility index (Phi) is 3.70. The standard InChI is InChI=1S/C17H29N3O/c1-2-14-17(21)20(16(18-14)13-5-3-4-6-13)15-11-19-9-7-12(15)8-10-19/h12-16,18H,2-11H2,1H3. The molecule has 0 aromatic heterocycles. The third-order valence-electron chi connectivity index (χ3n) is 6.46. The number of fused-ring (bicyclic) bond motifs is 3. The van der Waals surface area contributed by atoms with Gasteiger partial charge in [0.15, 0.2) is 0 Å². The molecule has 0 aromatic carbocycles. The minimum absolute atomic E-state index is 0.0750. The van der Waals surface area contributed by atoms with Gasteiger partial charge in [-0.15, -0.1) is 0 Å². The van der Waals surface area contributed by atoms with Gasteiger partial charge in [0.05, 0.1) is 12.2 Å². The summed E-state index contributed by atoms with van der Waals surface area (Å²) in [6.45, 7) is 5.77. The normalized spacial score (nSPS) is 44.0. The fourth-order valence-corrected chi connectivity index (χ4v) is 5.22. The van der Waals surface area contributed by atoms with Crippen LogP contribution in [-0.4, -0.2) is 53.6 Å². The minimum Gasteiger partial charge on any atom is -0.321 e. The van der Waals surface area contributed by atoms with Crippen molar-refractivity contribution in [2.45, 2.75) is 70.1 Å². The van der Waals surface area contributed by atoms with Gasteiger partial charge in [-0.25, -0.2) is 0 Å². The molecule has 4 heteroatoms. The van der Waals surface area contributed by atoms with Crippen molar-refractivity contribution in [3.8, 4) is 0 Å². The van der Waals surface area contributed by atoms with Crippen LogP contribution in [0.4, 0.5) is 0 Å². The van der Waals surface area contributed by atoms with E-state index < -0.39 is 0 Å². The molecule has 4 heterocycles. The van der Waals surface area contributed by atoms with Crippen LogP contribution in [0.25, 0.3) is 0 Å². The number of rotatable bonds is 3. The maximum atomic E-state index is 12.9. The van der Waals surface area contributed by atoms with Crippen LogP contribution in [0.5, 0.6) is 0 Å². The summed E-state index contributed by atoms with van der Waals surface area (Å²) in [4.78, 5) is 17.8. The van der Waals surface area contributed by atoms with Gasteiger partial charge in [0.25, 0.3) is 0 Å². The first-order valence-corrected chi connectivity index (χ1v) is 9.08. The van der Waals surface area contributed by atoms with Crippen molar-refractivity contribution in [3.63, 3.8) is 0 Å². The average Bonchev–Trinajstić information content (AvgIpc) is 3.15. The Bertz CT molecular complexity index is 399. The summed E-state index contributed by atoms with van der Waals surface area (Å²) in [5, 5.41) is 3.70. The molecular weight excluding hydrogens is 262 g/mol. The van der Waals surface area contributed by atoms with Gasteiger partial charge in [-0.3, -0.25) is 10.1 Å². The van der Waals surface area contributed by atoms with Crippen LogP contribution in [0.3, 0.4) is 0 Å². The average molecular weight is 291 g/mol. The molecule has 4 saturated heterocycles. The molecule has 4 nitrogen and oxygen atoms in total. The predicted octanol–water partition coefficient (Wildman–Crippen LogP) is 1.81. The highest BCUT2D eigenvalue weighted by Gasteiger charge is 2.49. The highest BCUT2D eigenvalue weighted by Crippen LogP contribution is 2.38. The number of hydrogen-bond donors (Lipinski definition) is 1. The Morgan fingerprint density at radius 1 is 1.10 bits per heavy atom. The molecule has 1 aliphatic carbocycles. The van der Waals surface area contributed by atoms with E-state index in [1.54, 1.807) is 0 Å². The Labute approximate surface area is 128 Å². The van der Waals surface area contributed by atoms with Crippen LogP contribution in [0.1, 0.15) is 51.9 Å². The van der Waals surface area contributed by atoms with Crippen molar-refractivity contribution in [1.29, 1.82) is 0 Å². The lowest BCUT2D eigenvalue weighted by atomic mass is 9.82. The van der Waals surface area contributed by atoms with Crippen molar-refractivity contribution in [2.75, 3.05) is 19.6 Å². The Balaban J connectivity index is 1.58. The van der Waals surface area contributed by atoms with E-state index in [1.807, 2.05) is 0 Å². The summed E-state index contributed by atoms with van der Waals surface area (Å²) in [6.07, 6.45) is 9.16. The molecule has 1 saturated carbocycles. The number of carbonyl (C=O) groups excluding carboxylic acids is 1. The summed E-state index contributed by atoms with van der Waals surface area (Å²) in [7, 11) is 0. The molecular formula is C17H29N3O. The predicted molar refractivity (Wildman–Crippen MR) is 82.8 cm³/mol. The summed E-state index contributed by atoms with van der Waals surface area (Å²) in [6, 6.07) is 0.556. The van der Waals surface area contributed by atoms with E-state index in [9.17, 15) is 4.79 Å². The van der Waals surface area contributed by atoms with Crippen molar-refractivity contribution in [2.24, 2.45) is 11.8 Å². The highest BCUT2D eigenvalue weighted by molar-refractivity contribution is 5.84. The lowest BCUT2D eigenvalue weighted by Gasteiger charge is -2.50. The van der Waals surface area contributed by atoms with Crippen molar-refractivity contribution in [3.05, 3.63) is 0 Å². The summed E-state index contributed by atoms with van der Waals surface area (Å²) in [5.41, 5.74) is 0. The van der Waals surface area contributed by atoms with Crippen molar-refractivity contribution >= 4 is 5.91 Å². The van der Waals surface area contributed by atoms with Crippen molar-refractivity contribution < 1.29 is 4.79 Å². The fraction of sp³-hybridized carbons (Fsp3) is 0.941. The van der Waals surface area contributed by atoms with Gasteiger partial charge >= 0.3 is 0 Å². The number of hydrogen-bond acceptors (Lipinski definition) is 3. The molecule has 1 N–H and O–H groups in total. The first kappa shape index (κ1) is 14.0. The minimum atomic E-state index is 0.0750. The molecule has 5 rings (SSSR count). The maximum Gasteiger partial charge on any atom is 0.241 e. The fourth-order valence-electron chi connectivity index (χ4n) is 5.22. The molecule has 0 aromatic rings. The van der Waals surface area contributed by atoms with Crippen LogP contribution < -0.4 is 5.32 Å². The molecule has 118 valence electrons. The van der Waals surface area contributed by atoms with E-state index in [0.717, 1.165) is 18.9 Å². The summed E-state index contributed by atoms with van der Waals surface area (Å²) >= 11 is 0. The topological polar surface area (TPSA) is 35.6 Å². The number of nitrogens with zero attached hydrogens (tertiary/aromatic N) is 2. The molecule has 1 amide bonds. The summed E-state index contributed by atoms with van der Waals surface area (Å²) in [5.74, 6) is 1.84. The molecule has 3 unspecified atom stereocenters. The van der Waals surface area contributed by atoms with Gasteiger partial charge in [-0.05, 0) is 57.0 Å². The van der Waals surface area contributed by atoms with Gasteiger partial charge in [0.1, 0.15) is 0 Å². The molecule has 5 aliphatic rings. The van der Waals surface area contributed by atoms with Crippen LogP contribution in [-0.2, 0) is 4.79 Å². The summed E-state index contributed by atoms with van der Waals surface area (Å²) < 4.78 is 0. The molecule has 0 radical (unpaired) electrons. The quantitative estimate of drug-likeness (QED) is 0.861. The smallest absolute Gasteiger partial charge is 0.241 e. The van der Waals surface area contributed by atoms with Crippen molar-refractivity contribution in [1.82, 2.24) is 15.1 Å². The van der Waals surface area contributed by atoms with Crippen LogP contribution in [0, 0.1) is 11.8 Å². The van der Waals surface area contributed by atoms with E-state index in [2.05, 4.69) is 22.0 Å². The molecule has 21 heavy (non-hydrogen) atoms. The zero-order chi connectivity index (χ0) is 14.4. The number of nitrogens with one attached hydrogen (secondary N) is 1. The first-order chi connectivity index (χ1) is 10.3. The van der Waals surface area contributed by atoms with E-state index in [0.29, 0.717) is 24.0 Å². The lowest BCUT2D eigenvalue weighted by molar-refractivity contribution is -0.137. The van der Waals surface area contributed by atoms with Crippen LogP contribution >= 0.6 is 0 Å². The maximum absolute atomic E-state index is 12.9. The first-order valence-electron chi connectivity index (χ1n) is 9.08. The molecule has 5 fully saturated rings. The van der Waals surface area contributed by atoms with E-state index in [-0.39, 0.29) is 6.04 Å². The van der Waals surface area contributed by atoms with Gasteiger partial charge in [-0.2, -0.15) is 0 Å². The van der Waals surface area contributed by atoms with E-state index in [4.69, 9.17) is 0 Å². The van der Waals surface area contributed by atoms with Crippen LogP contribution in [0.15, 0.2) is 0 Å². The monoisotopic (exact) mass is 291 g/mol. The van der Waals surface area contributed by atoms with E-state index >= 15 is 0 Å². The molecule has 4 aliphatic heterocycles. The van der Waals surface area contributed by atoms with Gasteiger partial charge in [0.2, 0.25) is 5.91 Å². The largest absolute Gasteiger partial charge is 0.321 e. The Morgan fingerprint density at radius 3 is 2.38 bits per heavy atom. The number of piperidine rings is 3. The molecule has 3 atom stereocenters. The number of carbonyl (C=O) groups is 1. The second-order valence-corrected chi connectivity index (χ2v) is 7.57. The SMILES string of the molecule is CCC1NC(C2CCCC2)N(C2CN3CCC2CC3)C1=O. The lowest BCUT2D eigenvalue weighted by Crippen LogP contribution is -2.61. The third-order valence-corrected chi connectivity index (χ3v) is 6.46. The van der Waals surface area contributed by atoms with Crippen LogP contribution in [0.2, 0.25) is 0 Å². The van der Waals surface area contributed by atoms with E-state index in [1.165, 1.54) is 51.6 Å². The highest BCUT2D eigenvalue weighted by atomic mass is 16.2. The zero-order valence-corrected chi connectivity index (χ0v) is 13.3. The Morgan fingerprint density at radius 2 is 1.81 bits per heavy atom. The molecule has 2 bridgehead atoms. The van der Waals surface area contributed by atoms with Gasteiger partial charge in [0, 0.05) is 12.6 Å². The molecule has 0 spiro atoms. The second-order valence-electron chi connectivity index (χ2n) is 7.57. The third kappa shape index (κ3) is 2.31. The van der Waals surface area contributed by atoms with Gasteiger partial charge < -0.3 is 9.80 Å². The second kappa shape index (κ2) is 5.54. The van der Waals surface area contributed by atoms with Gasteiger partial charge in [-0.1, -0.05) is 19.8 Å². The Hall–Kier alpha value is -0.610. The zero-order valence-electron chi connectivity index (χ0n) is 13.3. The number of amides is 1.